The zero-order chi connectivity index (χ0) is 18.6. The van der Waals surface area contributed by atoms with Gasteiger partial charge in [-0.2, -0.15) is 0 Å². The Kier molecular flexibility index (Phi) is 5.53. The second kappa shape index (κ2) is 7.84. The van der Waals surface area contributed by atoms with Gasteiger partial charge in [-0.15, -0.1) is 4.83 Å². The number of rotatable bonds is 6. The van der Waals surface area contributed by atoms with Gasteiger partial charge in [-0.3, -0.25) is 10.2 Å². The standard InChI is InChI=1S/C18H19FN2O4S/c19-15-6-3-7-16(11-15)25-12-18(22)20-21-26(23,24)17-9-8-13-4-1-2-5-14(13)10-17/h3,6-11,21H,1-2,4-5,12H2,(H,20,22). The minimum Gasteiger partial charge on any atom is -0.484 e. The molecule has 0 saturated carbocycles. The van der Waals surface area contributed by atoms with Crippen molar-refractivity contribution < 1.29 is 22.3 Å². The second-order valence-corrected chi connectivity index (χ2v) is 7.72. The maximum Gasteiger partial charge on any atom is 0.272 e. The van der Waals surface area contributed by atoms with E-state index in [1.54, 1.807) is 6.07 Å². The van der Waals surface area contributed by atoms with E-state index in [-0.39, 0.29) is 10.6 Å². The number of hydrazine groups is 1. The number of ether oxygens (including phenoxy) is 1. The van der Waals surface area contributed by atoms with Gasteiger partial charge in [0, 0.05) is 6.07 Å². The van der Waals surface area contributed by atoms with Crippen molar-refractivity contribution in [2.45, 2.75) is 30.6 Å². The summed E-state index contributed by atoms with van der Waals surface area (Å²) in [6.07, 6.45) is 3.96. The molecule has 0 fully saturated rings. The van der Waals surface area contributed by atoms with Crippen LogP contribution in [-0.4, -0.2) is 20.9 Å². The van der Waals surface area contributed by atoms with Gasteiger partial charge in [0.05, 0.1) is 4.90 Å². The Morgan fingerprint density at radius 1 is 1.08 bits per heavy atom. The molecule has 0 unspecified atom stereocenters. The quantitative estimate of drug-likeness (QED) is 0.754. The van der Waals surface area contributed by atoms with Crippen molar-refractivity contribution in [2.75, 3.05) is 6.61 Å². The van der Waals surface area contributed by atoms with Crippen LogP contribution in [0.3, 0.4) is 0 Å². The highest BCUT2D eigenvalue weighted by Crippen LogP contribution is 2.23. The third-order valence-electron chi connectivity index (χ3n) is 4.12. The van der Waals surface area contributed by atoms with Gasteiger partial charge in [-0.05, 0) is 61.1 Å². The van der Waals surface area contributed by atoms with Crippen LogP contribution in [0.5, 0.6) is 5.75 Å². The maximum absolute atomic E-state index is 13.0. The summed E-state index contributed by atoms with van der Waals surface area (Å²) in [6, 6.07) is 10.3. The average molecular weight is 378 g/mol. The molecule has 3 rings (SSSR count). The number of benzene rings is 2. The third-order valence-corrected chi connectivity index (χ3v) is 5.37. The third kappa shape index (κ3) is 4.59. The molecule has 1 aliphatic carbocycles. The Labute approximate surface area is 151 Å². The van der Waals surface area contributed by atoms with Crippen molar-refractivity contribution in [3.05, 3.63) is 59.4 Å². The Hall–Kier alpha value is -2.45. The first-order valence-electron chi connectivity index (χ1n) is 8.25. The molecule has 2 N–H and O–H groups in total. The van der Waals surface area contributed by atoms with Gasteiger partial charge >= 0.3 is 0 Å². The molecule has 0 heterocycles. The van der Waals surface area contributed by atoms with E-state index < -0.39 is 28.4 Å². The summed E-state index contributed by atoms with van der Waals surface area (Å²) < 4.78 is 42.8. The lowest BCUT2D eigenvalue weighted by Crippen LogP contribution is -2.43. The highest BCUT2D eigenvalue weighted by molar-refractivity contribution is 7.89. The van der Waals surface area contributed by atoms with Gasteiger partial charge in [-0.1, -0.05) is 12.1 Å². The number of fused-ring (bicyclic) bond motifs is 1. The lowest BCUT2D eigenvalue weighted by Gasteiger charge is -2.17. The summed E-state index contributed by atoms with van der Waals surface area (Å²) in [4.78, 5) is 13.9. The molecular weight excluding hydrogens is 359 g/mol. The normalized spacial score (nSPS) is 13.7. The highest BCUT2D eigenvalue weighted by atomic mass is 32.2. The van der Waals surface area contributed by atoms with Gasteiger partial charge in [-0.25, -0.2) is 12.8 Å². The van der Waals surface area contributed by atoms with E-state index in [2.05, 4.69) is 5.43 Å². The molecule has 0 bridgehead atoms. The van der Waals surface area contributed by atoms with Crippen LogP contribution in [0.4, 0.5) is 4.39 Å². The molecule has 1 aliphatic rings. The summed E-state index contributed by atoms with van der Waals surface area (Å²) in [5.41, 5.74) is 4.29. The summed E-state index contributed by atoms with van der Waals surface area (Å²) in [6.45, 7) is -0.448. The van der Waals surface area contributed by atoms with Gasteiger partial charge in [0.15, 0.2) is 6.61 Å². The second-order valence-electron chi connectivity index (χ2n) is 6.04. The molecule has 1 amide bonds. The molecule has 2 aromatic rings. The van der Waals surface area contributed by atoms with Gasteiger partial charge in [0.25, 0.3) is 15.9 Å². The van der Waals surface area contributed by atoms with E-state index in [4.69, 9.17) is 4.74 Å². The van der Waals surface area contributed by atoms with Crippen molar-refractivity contribution in [1.29, 1.82) is 0 Å². The van der Waals surface area contributed by atoms with Gasteiger partial charge in [0.1, 0.15) is 11.6 Å². The van der Waals surface area contributed by atoms with Gasteiger partial charge in [0.2, 0.25) is 0 Å². The summed E-state index contributed by atoms with van der Waals surface area (Å²) >= 11 is 0. The van der Waals surface area contributed by atoms with Crippen LogP contribution < -0.4 is 15.0 Å². The molecule has 0 radical (unpaired) electrons. The van der Waals surface area contributed by atoms with Crippen LogP contribution in [-0.2, 0) is 27.7 Å². The van der Waals surface area contributed by atoms with Crippen LogP contribution in [0.25, 0.3) is 0 Å². The average Bonchev–Trinajstić information content (AvgIpc) is 2.64. The lowest BCUT2D eigenvalue weighted by molar-refractivity contribution is -0.123. The SMILES string of the molecule is O=C(COc1cccc(F)c1)NNS(=O)(=O)c1ccc2c(c1)CCCC2. The fraction of sp³-hybridized carbons (Fsp3) is 0.278. The summed E-state index contributed by atoms with van der Waals surface area (Å²) in [5.74, 6) is -1.01. The molecular formula is C18H19FN2O4S. The monoisotopic (exact) mass is 378 g/mol. The van der Waals surface area contributed by atoms with Crippen LogP contribution >= 0.6 is 0 Å². The van der Waals surface area contributed by atoms with E-state index in [0.717, 1.165) is 37.3 Å². The first-order chi connectivity index (χ1) is 12.4. The Bertz CT molecular complexity index is 915. The predicted molar refractivity (Wildman–Crippen MR) is 93.4 cm³/mol. The lowest BCUT2D eigenvalue weighted by atomic mass is 9.92. The first-order valence-corrected chi connectivity index (χ1v) is 9.73. The number of hydrogen-bond acceptors (Lipinski definition) is 4. The molecule has 0 saturated heterocycles. The topological polar surface area (TPSA) is 84.5 Å². The Morgan fingerprint density at radius 2 is 1.85 bits per heavy atom. The van der Waals surface area contributed by atoms with Crippen molar-refractivity contribution in [1.82, 2.24) is 10.3 Å². The van der Waals surface area contributed by atoms with E-state index in [1.807, 2.05) is 10.9 Å². The fourth-order valence-corrected chi connectivity index (χ4v) is 3.71. The number of carbonyl (C=O) groups is 1. The number of aryl methyl sites for hydroxylation is 2. The predicted octanol–water partition coefficient (Wildman–Crippen LogP) is 2.09. The van der Waals surface area contributed by atoms with Crippen LogP contribution in [0.1, 0.15) is 24.0 Å². The summed E-state index contributed by atoms with van der Waals surface area (Å²) in [7, 11) is -3.88. The van der Waals surface area contributed by atoms with E-state index in [0.29, 0.717) is 0 Å². The fourth-order valence-electron chi connectivity index (χ4n) is 2.80. The zero-order valence-electron chi connectivity index (χ0n) is 14.0. The Balaban J connectivity index is 1.57. The number of amides is 1. The van der Waals surface area contributed by atoms with Crippen LogP contribution in [0, 0.1) is 5.82 Å². The number of sulfonamides is 1. The molecule has 0 spiro atoms. The molecule has 0 atom stereocenters. The molecule has 138 valence electrons. The minimum absolute atomic E-state index is 0.101. The largest absolute Gasteiger partial charge is 0.484 e. The van der Waals surface area contributed by atoms with Gasteiger partial charge < -0.3 is 4.74 Å². The molecule has 0 aliphatic heterocycles. The molecule has 26 heavy (non-hydrogen) atoms. The highest BCUT2D eigenvalue weighted by Gasteiger charge is 2.18. The number of halogens is 1. The molecule has 6 nitrogen and oxygen atoms in total. The van der Waals surface area contributed by atoms with Crippen molar-refractivity contribution in [3.8, 4) is 5.75 Å². The van der Waals surface area contributed by atoms with Crippen LogP contribution in [0.2, 0.25) is 0 Å². The Morgan fingerprint density at radius 3 is 2.62 bits per heavy atom. The molecule has 0 aromatic heterocycles. The van der Waals surface area contributed by atoms with Crippen LogP contribution in [0.15, 0.2) is 47.4 Å². The molecule has 8 heteroatoms. The minimum atomic E-state index is -3.88. The van der Waals surface area contributed by atoms with Crippen molar-refractivity contribution in [2.24, 2.45) is 0 Å². The first kappa shape index (κ1) is 18.3. The number of hydrogen-bond donors (Lipinski definition) is 2. The number of nitrogens with one attached hydrogen (secondary N) is 2. The van der Waals surface area contributed by atoms with Crippen molar-refractivity contribution >= 4 is 15.9 Å². The summed E-state index contributed by atoms with van der Waals surface area (Å²) in [5, 5.41) is 0. The zero-order valence-corrected chi connectivity index (χ0v) is 14.8. The molecule has 2 aromatic carbocycles. The van der Waals surface area contributed by atoms with E-state index in [1.165, 1.54) is 29.8 Å². The maximum atomic E-state index is 13.0. The van der Waals surface area contributed by atoms with E-state index in [9.17, 15) is 17.6 Å². The smallest absolute Gasteiger partial charge is 0.272 e. The van der Waals surface area contributed by atoms with E-state index >= 15 is 0 Å². The number of carbonyl (C=O) groups excluding carboxylic acids is 1. The van der Waals surface area contributed by atoms with Crippen molar-refractivity contribution in [3.63, 3.8) is 0 Å².